The third-order valence-electron chi connectivity index (χ3n) is 3.26. The van der Waals surface area contributed by atoms with Crippen molar-refractivity contribution in [2.24, 2.45) is 0 Å². The second-order valence-corrected chi connectivity index (χ2v) is 4.11. The molecule has 12 heavy (non-hydrogen) atoms. The summed E-state index contributed by atoms with van der Waals surface area (Å²) in [4.78, 5) is 2.11. The average molecular weight is 171 g/mol. The van der Waals surface area contributed by atoms with Gasteiger partial charge in [0, 0.05) is 12.6 Å². The van der Waals surface area contributed by atoms with Crippen LogP contribution in [0.3, 0.4) is 0 Å². The van der Waals surface area contributed by atoms with Crippen LogP contribution < -0.4 is 0 Å². The third kappa shape index (κ3) is 1.63. The number of likely N-dealkylation sites (tertiary alicyclic amines) is 1. The highest BCUT2D eigenvalue weighted by molar-refractivity contribution is 4.81. The Morgan fingerprint density at radius 2 is 1.58 bits per heavy atom. The van der Waals surface area contributed by atoms with Crippen LogP contribution in [0.1, 0.15) is 44.9 Å². The van der Waals surface area contributed by atoms with E-state index in [9.17, 15) is 4.39 Å². The van der Waals surface area contributed by atoms with E-state index in [2.05, 4.69) is 4.90 Å². The van der Waals surface area contributed by atoms with Gasteiger partial charge in [0.15, 0.2) is 6.30 Å². The molecule has 0 amide bonds. The maximum absolute atomic E-state index is 13.4. The van der Waals surface area contributed by atoms with E-state index in [0.29, 0.717) is 6.04 Å². The van der Waals surface area contributed by atoms with E-state index >= 15 is 0 Å². The lowest BCUT2D eigenvalue weighted by Gasteiger charge is -2.35. The van der Waals surface area contributed by atoms with Crippen molar-refractivity contribution in [3.8, 4) is 0 Å². The van der Waals surface area contributed by atoms with Crippen molar-refractivity contribution in [3.05, 3.63) is 0 Å². The molecule has 0 spiro atoms. The molecule has 0 aromatic heterocycles. The minimum atomic E-state index is -0.623. The molecule has 1 saturated carbocycles. The lowest BCUT2D eigenvalue weighted by atomic mass is 10.1. The molecule has 0 aromatic rings. The predicted molar refractivity (Wildman–Crippen MR) is 47.7 cm³/mol. The normalized spacial score (nSPS) is 34.2. The van der Waals surface area contributed by atoms with Crippen LogP contribution in [-0.2, 0) is 0 Å². The number of nitrogens with zero attached hydrogens (tertiary/aromatic N) is 1. The fourth-order valence-corrected chi connectivity index (χ4v) is 2.56. The monoisotopic (exact) mass is 171 g/mol. The Labute approximate surface area is 73.9 Å². The largest absolute Gasteiger partial charge is 0.271 e. The zero-order chi connectivity index (χ0) is 8.39. The molecule has 70 valence electrons. The van der Waals surface area contributed by atoms with Gasteiger partial charge in [0.05, 0.1) is 0 Å². The van der Waals surface area contributed by atoms with Crippen molar-refractivity contribution in [3.63, 3.8) is 0 Å². The molecule has 0 aromatic carbocycles. The molecule has 1 unspecified atom stereocenters. The summed E-state index contributed by atoms with van der Waals surface area (Å²) in [5.74, 6) is 0. The fourth-order valence-electron chi connectivity index (χ4n) is 2.56. The lowest BCUT2D eigenvalue weighted by molar-refractivity contribution is 0.0124. The molecular formula is C10H18FN. The molecule has 1 heterocycles. The molecule has 1 saturated heterocycles. The minimum Gasteiger partial charge on any atom is -0.271 e. The van der Waals surface area contributed by atoms with Crippen LogP contribution >= 0.6 is 0 Å². The fraction of sp³-hybridized carbons (Fsp3) is 1.00. The van der Waals surface area contributed by atoms with Gasteiger partial charge in [-0.1, -0.05) is 12.8 Å². The van der Waals surface area contributed by atoms with Gasteiger partial charge in [-0.05, 0) is 32.1 Å². The van der Waals surface area contributed by atoms with Gasteiger partial charge in [0.25, 0.3) is 0 Å². The van der Waals surface area contributed by atoms with Crippen LogP contribution in [0.5, 0.6) is 0 Å². The Morgan fingerprint density at radius 1 is 0.917 bits per heavy atom. The number of piperidine rings is 1. The molecule has 0 radical (unpaired) electrons. The van der Waals surface area contributed by atoms with E-state index in [1.807, 2.05) is 0 Å². The summed E-state index contributed by atoms with van der Waals surface area (Å²) >= 11 is 0. The van der Waals surface area contributed by atoms with Crippen LogP contribution in [0.25, 0.3) is 0 Å². The zero-order valence-electron chi connectivity index (χ0n) is 7.64. The van der Waals surface area contributed by atoms with Gasteiger partial charge in [-0.3, -0.25) is 4.90 Å². The second kappa shape index (κ2) is 3.73. The van der Waals surface area contributed by atoms with Crippen LogP contribution in [-0.4, -0.2) is 23.8 Å². The highest BCUT2D eigenvalue weighted by Gasteiger charge is 2.30. The van der Waals surface area contributed by atoms with E-state index in [0.717, 1.165) is 19.4 Å². The minimum absolute atomic E-state index is 0.584. The standard InChI is InChI=1S/C10H18FN/c11-10-7-3-4-8-12(10)9-5-1-2-6-9/h9-10H,1-8H2. The summed E-state index contributed by atoms with van der Waals surface area (Å²) in [5.41, 5.74) is 0. The molecule has 0 N–H and O–H groups in total. The van der Waals surface area contributed by atoms with Crippen molar-refractivity contribution < 1.29 is 4.39 Å². The molecule has 1 nitrogen and oxygen atoms in total. The average Bonchev–Trinajstić information content (AvgIpc) is 2.57. The van der Waals surface area contributed by atoms with Crippen LogP contribution in [0.2, 0.25) is 0 Å². The number of rotatable bonds is 1. The van der Waals surface area contributed by atoms with Gasteiger partial charge in [-0.2, -0.15) is 0 Å². The smallest absolute Gasteiger partial charge is 0.153 e. The number of hydrogen-bond acceptors (Lipinski definition) is 1. The van der Waals surface area contributed by atoms with Crippen molar-refractivity contribution >= 4 is 0 Å². The van der Waals surface area contributed by atoms with Gasteiger partial charge in [0.1, 0.15) is 0 Å². The number of hydrogen-bond donors (Lipinski definition) is 0. The maximum Gasteiger partial charge on any atom is 0.153 e. The van der Waals surface area contributed by atoms with Crippen LogP contribution in [0, 0.1) is 0 Å². The van der Waals surface area contributed by atoms with Crippen LogP contribution in [0.4, 0.5) is 4.39 Å². The number of alkyl halides is 1. The van der Waals surface area contributed by atoms with Gasteiger partial charge >= 0.3 is 0 Å². The molecule has 2 heteroatoms. The molecule has 2 aliphatic rings. The maximum atomic E-state index is 13.4. The SMILES string of the molecule is FC1CCCCN1C1CCCC1. The van der Waals surface area contributed by atoms with Crippen molar-refractivity contribution in [1.82, 2.24) is 4.90 Å². The zero-order valence-corrected chi connectivity index (χ0v) is 7.64. The molecule has 2 fully saturated rings. The Kier molecular flexibility index (Phi) is 2.64. The van der Waals surface area contributed by atoms with Gasteiger partial charge < -0.3 is 0 Å². The summed E-state index contributed by atoms with van der Waals surface area (Å²) < 4.78 is 13.4. The molecule has 1 aliphatic heterocycles. The van der Waals surface area contributed by atoms with Crippen molar-refractivity contribution in [1.29, 1.82) is 0 Å². The second-order valence-electron chi connectivity index (χ2n) is 4.11. The summed E-state index contributed by atoms with van der Waals surface area (Å²) in [5, 5.41) is 0. The highest BCUT2D eigenvalue weighted by Crippen LogP contribution is 2.29. The topological polar surface area (TPSA) is 3.24 Å². The molecule has 0 bridgehead atoms. The lowest BCUT2D eigenvalue weighted by Crippen LogP contribution is -2.42. The Hall–Kier alpha value is -0.110. The van der Waals surface area contributed by atoms with E-state index in [4.69, 9.17) is 0 Å². The first-order valence-electron chi connectivity index (χ1n) is 5.28. The number of halogens is 1. The van der Waals surface area contributed by atoms with Gasteiger partial charge in [0.2, 0.25) is 0 Å². The predicted octanol–water partition coefficient (Wildman–Crippen LogP) is 2.71. The Bertz CT molecular complexity index is 143. The summed E-state index contributed by atoms with van der Waals surface area (Å²) in [6.45, 7) is 1.01. The van der Waals surface area contributed by atoms with E-state index < -0.39 is 6.30 Å². The van der Waals surface area contributed by atoms with Crippen LogP contribution in [0.15, 0.2) is 0 Å². The van der Waals surface area contributed by atoms with Crippen molar-refractivity contribution in [2.75, 3.05) is 6.54 Å². The molecule has 1 aliphatic carbocycles. The molecular weight excluding hydrogens is 153 g/mol. The first-order chi connectivity index (χ1) is 5.88. The molecule has 2 rings (SSSR count). The van der Waals surface area contributed by atoms with E-state index in [1.165, 1.54) is 32.1 Å². The van der Waals surface area contributed by atoms with Gasteiger partial charge in [-0.15, -0.1) is 0 Å². The highest BCUT2D eigenvalue weighted by atomic mass is 19.1. The Morgan fingerprint density at radius 3 is 2.25 bits per heavy atom. The van der Waals surface area contributed by atoms with Crippen molar-refractivity contribution in [2.45, 2.75) is 57.3 Å². The first-order valence-corrected chi connectivity index (χ1v) is 5.28. The third-order valence-corrected chi connectivity index (χ3v) is 3.26. The van der Waals surface area contributed by atoms with E-state index in [-0.39, 0.29) is 0 Å². The summed E-state index contributed by atoms with van der Waals surface area (Å²) in [6.07, 6.45) is 7.54. The van der Waals surface area contributed by atoms with Gasteiger partial charge in [-0.25, -0.2) is 4.39 Å². The Balaban J connectivity index is 1.91. The summed E-state index contributed by atoms with van der Waals surface area (Å²) in [7, 11) is 0. The first kappa shape index (κ1) is 8.49. The summed E-state index contributed by atoms with van der Waals surface area (Å²) in [6, 6.07) is 0.584. The van der Waals surface area contributed by atoms with E-state index in [1.54, 1.807) is 0 Å². The molecule has 1 atom stereocenters. The quantitative estimate of drug-likeness (QED) is 0.548.